The van der Waals surface area contributed by atoms with Crippen LogP contribution in [0.1, 0.15) is 0 Å². The topological polar surface area (TPSA) is 35.6 Å². The third-order valence-corrected chi connectivity index (χ3v) is 11.5. The normalized spacial score (nSPS) is 11.9. The largest absolute Gasteiger partial charge is 0.309 e. The summed E-state index contributed by atoms with van der Waals surface area (Å²) in [5.74, 6) is 0.664. The molecule has 12 aromatic rings. The molecule has 0 aliphatic carbocycles. The van der Waals surface area contributed by atoms with Crippen molar-refractivity contribution in [1.82, 2.24) is 19.1 Å². The Kier molecular flexibility index (Phi) is 6.60. The maximum atomic E-state index is 5.38. The van der Waals surface area contributed by atoms with Crippen LogP contribution in [0.5, 0.6) is 0 Å². The number of para-hydroxylation sites is 3. The van der Waals surface area contributed by atoms with Gasteiger partial charge in [-0.25, -0.2) is 9.97 Å². The van der Waals surface area contributed by atoms with E-state index in [9.17, 15) is 0 Å². The van der Waals surface area contributed by atoms with Crippen LogP contribution in [0.2, 0.25) is 0 Å². The van der Waals surface area contributed by atoms with Crippen molar-refractivity contribution in [2.24, 2.45) is 0 Å². The molecule has 0 saturated carbocycles. The second-order valence-corrected chi connectivity index (χ2v) is 14.6. The van der Waals surface area contributed by atoms with Crippen molar-refractivity contribution < 1.29 is 0 Å². The zero-order valence-electron chi connectivity index (χ0n) is 30.3. The van der Waals surface area contributed by atoms with Gasteiger partial charge in [-0.05, 0) is 81.2 Å². The van der Waals surface area contributed by atoms with Crippen LogP contribution in [0.3, 0.4) is 0 Å². The van der Waals surface area contributed by atoms with Crippen molar-refractivity contribution in [2.75, 3.05) is 0 Å². The van der Waals surface area contributed by atoms with E-state index in [1.807, 2.05) is 0 Å². The first-order chi connectivity index (χ1) is 27.8. The van der Waals surface area contributed by atoms with Gasteiger partial charge in [0.05, 0.1) is 33.3 Å². The highest BCUT2D eigenvalue weighted by Crippen LogP contribution is 2.40. The molecule has 0 atom stereocenters. The monoisotopic (exact) mass is 712 g/mol. The Labute approximate surface area is 322 Å². The molecule has 0 aliphatic heterocycles. The lowest BCUT2D eigenvalue weighted by Gasteiger charge is -2.12. The first-order valence-corrected chi connectivity index (χ1v) is 19.1. The molecule has 0 radical (unpaired) electrons. The molecular formula is C52H32N4. The van der Waals surface area contributed by atoms with Gasteiger partial charge in [0.1, 0.15) is 0 Å². The van der Waals surface area contributed by atoms with E-state index >= 15 is 0 Å². The van der Waals surface area contributed by atoms with Crippen LogP contribution in [-0.2, 0) is 0 Å². The number of fused-ring (bicyclic) bond motifs is 11. The van der Waals surface area contributed by atoms with Crippen molar-refractivity contribution in [3.05, 3.63) is 194 Å². The van der Waals surface area contributed by atoms with Gasteiger partial charge >= 0.3 is 0 Å². The van der Waals surface area contributed by atoms with E-state index in [2.05, 4.69) is 203 Å². The van der Waals surface area contributed by atoms with Crippen molar-refractivity contribution >= 4 is 76.1 Å². The van der Waals surface area contributed by atoms with E-state index in [1.165, 1.54) is 59.7 Å². The summed E-state index contributed by atoms with van der Waals surface area (Å²) in [6, 6.07) is 69.6. The summed E-state index contributed by atoms with van der Waals surface area (Å²) < 4.78 is 4.62. The fraction of sp³-hybridized carbons (Fsp3) is 0. The molecule has 12 rings (SSSR count). The Balaban J connectivity index is 1.02. The standard InChI is InChI=1S/C52H32N4/c1-2-14-38(15-3-1)55-46-29-28-37(32-43(46)50-40-17-7-5-13-35(40)26-30-47(50)55)33-22-24-36(25-23-33)51-41-18-8-10-20-44(41)53-52(54-51)56-45-21-11-9-19-42(45)49-39-16-6-4-12-34(39)27-31-48(49)56/h1-32H. The molecule has 4 heteroatoms. The molecule has 0 fully saturated rings. The van der Waals surface area contributed by atoms with Crippen LogP contribution in [-0.4, -0.2) is 19.1 Å². The van der Waals surface area contributed by atoms with Gasteiger partial charge in [-0.1, -0.05) is 146 Å². The van der Waals surface area contributed by atoms with Gasteiger partial charge in [0.15, 0.2) is 0 Å². The number of nitrogens with zero attached hydrogens (tertiary/aromatic N) is 4. The molecule has 4 nitrogen and oxygen atoms in total. The summed E-state index contributed by atoms with van der Waals surface area (Å²) in [5, 5.41) is 10.9. The van der Waals surface area contributed by atoms with Gasteiger partial charge in [-0.2, -0.15) is 0 Å². The second kappa shape index (κ2) is 12.0. The minimum absolute atomic E-state index is 0.664. The number of rotatable bonds is 4. The van der Waals surface area contributed by atoms with Gasteiger partial charge in [0, 0.05) is 38.2 Å². The number of hydrogen-bond donors (Lipinski definition) is 0. The van der Waals surface area contributed by atoms with Crippen LogP contribution in [0.15, 0.2) is 194 Å². The van der Waals surface area contributed by atoms with Gasteiger partial charge in [0.25, 0.3) is 0 Å². The van der Waals surface area contributed by atoms with Crippen LogP contribution < -0.4 is 0 Å². The number of benzene rings is 9. The molecule has 56 heavy (non-hydrogen) atoms. The van der Waals surface area contributed by atoms with Gasteiger partial charge in [-0.3, -0.25) is 4.57 Å². The third kappa shape index (κ3) is 4.53. The van der Waals surface area contributed by atoms with Gasteiger partial charge in [-0.15, -0.1) is 0 Å². The van der Waals surface area contributed by atoms with Gasteiger partial charge < -0.3 is 4.57 Å². The maximum Gasteiger partial charge on any atom is 0.235 e. The van der Waals surface area contributed by atoms with Crippen LogP contribution >= 0.6 is 0 Å². The minimum Gasteiger partial charge on any atom is -0.309 e. The lowest BCUT2D eigenvalue weighted by Crippen LogP contribution is -2.03. The molecule has 0 spiro atoms. The first-order valence-electron chi connectivity index (χ1n) is 19.1. The average Bonchev–Trinajstić information content (AvgIpc) is 3.79. The molecular weight excluding hydrogens is 681 g/mol. The molecule has 0 saturated heterocycles. The smallest absolute Gasteiger partial charge is 0.235 e. The molecule has 3 heterocycles. The van der Waals surface area contributed by atoms with E-state index in [0.717, 1.165) is 44.4 Å². The van der Waals surface area contributed by atoms with Crippen molar-refractivity contribution in [2.45, 2.75) is 0 Å². The lowest BCUT2D eigenvalue weighted by molar-refractivity contribution is 1.01. The van der Waals surface area contributed by atoms with E-state index in [1.54, 1.807) is 0 Å². The zero-order valence-corrected chi connectivity index (χ0v) is 30.3. The van der Waals surface area contributed by atoms with Crippen molar-refractivity contribution in [1.29, 1.82) is 0 Å². The summed E-state index contributed by atoms with van der Waals surface area (Å²) >= 11 is 0. The molecule has 9 aromatic carbocycles. The lowest BCUT2D eigenvalue weighted by atomic mass is 9.98. The Morgan fingerprint density at radius 1 is 0.321 bits per heavy atom. The van der Waals surface area contributed by atoms with Crippen molar-refractivity contribution in [3.63, 3.8) is 0 Å². The molecule has 0 amide bonds. The van der Waals surface area contributed by atoms with Crippen LogP contribution in [0.4, 0.5) is 0 Å². The predicted molar refractivity (Wildman–Crippen MR) is 234 cm³/mol. The predicted octanol–water partition coefficient (Wildman–Crippen LogP) is 13.5. The zero-order chi connectivity index (χ0) is 36.7. The molecule has 260 valence electrons. The summed E-state index contributed by atoms with van der Waals surface area (Å²) in [5.41, 5.74) is 11.0. The first kappa shape index (κ1) is 30.9. The number of aromatic nitrogens is 4. The summed E-state index contributed by atoms with van der Waals surface area (Å²) in [6.07, 6.45) is 0. The minimum atomic E-state index is 0.664. The highest BCUT2D eigenvalue weighted by molar-refractivity contribution is 6.22. The Hall–Kier alpha value is -7.56. The quantitative estimate of drug-likeness (QED) is 0.182. The molecule has 0 bridgehead atoms. The molecule has 0 aliphatic rings. The fourth-order valence-electron chi connectivity index (χ4n) is 8.98. The van der Waals surface area contributed by atoms with E-state index in [4.69, 9.17) is 9.97 Å². The molecule has 0 unspecified atom stereocenters. The summed E-state index contributed by atoms with van der Waals surface area (Å²) in [7, 11) is 0. The van der Waals surface area contributed by atoms with Crippen LogP contribution in [0, 0.1) is 0 Å². The average molecular weight is 713 g/mol. The third-order valence-electron chi connectivity index (χ3n) is 11.5. The molecule has 3 aromatic heterocycles. The maximum absolute atomic E-state index is 5.38. The van der Waals surface area contributed by atoms with E-state index in [-0.39, 0.29) is 0 Å². The fourth-order valence-corrected chi connectivity index (χ4v) is 8.98. The highest BCUT2D eigenvalue weighted by Gasteiger charge is 2.19. The molecule has 0 N–H and O–H groups in total. The van der Waals surface area contributed by atoms with E-state index in [0.29, 0.717) is 5.95 Å². The Morgan fingerprint density at radius 3 is 1.61 bits per heavy atom. The number of hydrogen-bond acceptors (Lipinski definition) is 2. The van der Waals surface area contributed by atoms with Crippen molar-refractivity contribution in [3.8, 4) is 34.0 Å². The summed E-state index contributed by atoms with van der Waals surface area (Å²) in [6.45, 7) is 0. The van der Waals surface area contributed by atoms with Gasteiger partial charge in [0.2, 0.25) is 5.95 Å². The van der Waals surface area contributed by atoms with E-state index < -0.39 is 0 Å². The Bertz CT molecular complexity index is 3520. The second-order valence-electron chi connectivity index (χ2n) is 14.6. The van der Waals surface area contributed by atoms with Crippen LogP contribution in [0.25, 0.3) is 110 Å². The summed E-state index contributed by atoms with van der Waals surface area (Å²) in [4.78, 5) is 10.6. The Morgan fingerprint density at radius 2 is 0.857 bits per heavy atom. The highest BCUT2D eigenvalue weighted by atomic mass is 15.2. The SMILES string of the molecule is c1ccc(-n2c3ccc(-c4ccc(-c5nc(-n6c7ccccc7c7c8ccccc8ccc76)nc6ccccc56)cc4)cc3c3c4ccccc4ccc32)cc1.